The maximum absolute atomic E-state index is 12.1. The van der Waals surface area contributed by atoms with Crippen LogP contribution in [0.2, 0.25) is 0 Å². The van der Waals surface area contributed by atoms with Crippen molar-refractivity contribution in [1.29, 1.82) is 0 Å². The summed E-state index contributed by atoms with van der Waals surface area (Å²) in [5, 5.41) is 4.12. The molecule has 0 saturated carbocycles. The first-order valence-corrected chi connectivity index (χ1v) is 6.68. The Balaban J connectivity index is 2.44. The van der Waals surface area contributed by atoms with Crippen LogP contribution >= 0.6 is 0 Å². The Morgan fingerprint density at radius 3 is 2.47 bits per heavy atom. The van der Waals surface area contributed by atoms with Gasteiger partial charge in [-0.1, -0.05) is 26.7 Å². The highest BCUT2D eigenvalue weighted by atomic mass is 16.1. The van der Waals surface area contributed by atoms with E-state index < -0.39 is 0 Å². The van der Waals surface area contributed by atoms with Crippen molar-refractivity contribution in [2.45, 2.75) is 52.4 Å². The number of carbonyl (C=O) groups excluding carboxylic acids is 1. The third-order valence-electron chi connectivity index (χ3n) is 3.28. The number of aryl methyl sites for hydroxylation is 2. The lowest BCUT2D eigenvalue weighted by Gasteiger charge is -2.13. The Morgan fingerprint density at radius 2 is 2.00 bits per heavy atom. The van der Waals surface area contributed by atoms with E-state index in [9.17, 15) is 4.79 Å². The van der Waals surface area contributed by atoms with Crippen molar-refractivity contribution in [2.75, 3.05) is 0 Å². The molecule has 3 heteroatoms. The van der Waals surface area contributed by atoms with Gasteiger partial charge in [-0.15, -0.1) is 0 Å². The molecule has 0 amide bonds. The van der Waals surface area contributed by atoms with Gasteiger partial charge >= 0.3 is 0 Å². The molecule has 0 radical (unpaired) electrons. The molecule has 0 N–H and O–H groups in total. The number of ketones is 1. The second-order valence-corrected chi connectivity index (χ2v) is 4.69. The van der Waals surface area contributed by atoms with E-state index in [1.807, 2.05) is 17.8 Å². The first-order valence-electron chi connectivity index (χ1n) is 6.68. The van der Waals surface area contributed by atoms with Crippen molar-refractivity contribution in [2.24, 2.45) is 13.0 Å². The van der Waals surface area contributed by atoms with Gasteiger partial charge in [0.05, 0.1) is 0 Å². The molecule has 0 aliphatic rings. The van der Waals surface area contributed by atoms with E-state index in [0.29, 0.717) is 12.2 Å². The quantitative estimate of drug-likeness (QED) is 0.695. The summed E-state index contributed by atoms with van der Waals surface area (Å²) in [6.45, 7) is 4.30. The van der Waals surface area contributed by atoms with Gasteiger partial charge < -0.3 is 0 Å². The number of nitrogens with zero attached hydrogens (tertiary/aromatic N) is 2. The number of aromatic nitrogens is 2. The van der Waals surface area contributed by atoms with Crippen molar-refractivity contribution in [1.82, 2.24) is 9.78 Å². The van der Waals surface area contributed by atoms with E-state index in [2.05, 4.69) is 18.9 Å². The van der Waals surface area contributed by atoms with Gasteiger partial charge in [0.25, 0.3) is 0 Å². The zero-order chi connectivity index (χ0) is 12.7. The first kappa shape index (κ1) is 13.9. The molecular formula is C14H24N2O. The number of hydrogen-bond acceptors (Lipinski definition) is 2. The fourth-order valence-electron chi connectivity index (χ4n) is 2.27. The van der Waals surface area contributed by atoms with Crippen molar-refractivity contribution < 1.29 is 4.79 Å². The van der Waals surface area contributed by atoms with Gasteiger partial charge in [0.1, 0.15) is 5.78 Å². The van der Waals surface area contributed by atoms with E-state index in [-0.39, 0.29) is 5.92 Å². The van der Waals surface area contributed by atoms with Crippen molar-refractivity contribution in [3.8, 4) is 0 Å². The summed E-state index contributed by atoms with van der Waals surface area (Å²) in [5.74, 6) is 0.702. The summed E-state index contributed by atoms with van der Waals surface area (Å²) < 4.78 is 1.85. The van der Waals surface area contributed by atoms with E-state index in [1.165, 1.54) is 0 Å². The maximum atomic E-state index is 12.1. The molecule has 0 aliphatic carbocycles. The highest BCUT2D eigenvalue weighted by molar-refractivity contribution is 5.81. The third-order valence-corrected chi connectivity index (χ3v) is 3.28. The smallest absolute Gasteiger partial charge is 0.136 e. The van der Waals surface area contributed by atoms with Crippen LogP contribution in [-0.4, -0.2) is 15.6 Å². The standard InChI is InChI=1S/C14H24N2O/c1-4-6-12(7-5-2)14(17)9-8-13-10-11-15-16(13)3/h10-12H,4-9H2,1-3H3. The molecule has 96 valence electrons. The molecule has 3 nitrogen and oxygen atoms in total. The van der Waals surface area contributed by atoms with Crippen molar-refractivity contribution in [3.05, 3.63) is 18.0 Å². The van der Waals surface area contributed by atoms with Crippen LogP contribution < -0.4 is 0 Å². The van der Waals surface area contributed by atoms with Crippen LogP contribution in [0.4, 0.5) is 0 Å². The zero-order valence-electron chi connectivity index (χ0n) is 11.3. The van der Waals surface area contributed by atoms with Gasteiger partial charge in [-0.2, -0.15) is 5.10 Å². The molecule has 0 aliphatic heterocycles. The topological polar surface area (TPSA) is 34.9 Å². The summed E-state index contributed by atoms with van der Waals surface area (Å²) in [6.07, 6.45) is 7.54. The average Bonchev–Trinajstić information content (AvgIpc) is 2.71. The molecular weight excluding hydrogens is 212 g/mol. The third kappa shape index (κ3) is 4.33. The molecule has 0 unspecified atom stereocenters. The number of hydrogen-bond donors (Lipinski definition) is 0. The Hall–Kier alpha value is -1.12. The number of Topliss-reactive ketones (excluding diaryl/α,β-unsaturated/α-hetero) is 1. The van der Waals surface area contributed by atoms with Crippen LogP contribution in [-0.2, 0) is 18.3 Å². The van der Waals surface area contributed by atoms with Gasteiger partial charge in [-0.25, -0.2) is 0 Å². The Labute approximate surface area is 104 Å². The highest BCUT2D eigenvalue weighted by Gasteiger charge is 2.16. The minimum Gasteiger partial charge on any atom is -0.299 e. The molecule has 1 aromatic rings. The van der Waals surface area contributed by atoms with Crippen LogP contribution in [0, 0.1) is 5.92 Å². The Bertz CT molecular complexity index is 338. The maximum Gasteiger partial charge on any atom is 0.136 e. The van der Waals surface area contributed by atoms with E-state index in [0.717, 1.165) is 37.8 Å². The minimum atomic E-state index is 0.276. The van der Waals surface area contributed by atoms with Crippen molar-refractivity contribution in [3.63, 3.8) is 0 Å². The lowest BCUT2D eigenvalue weighted by atomic mass is 9.91. The van der Waals surface area contributed by atoms with Crippen LogP contribution in [0.25, 0.3) is 0 Å². The summed E-state index contributed by atoms with van der Waals surface area (Å²) >= 11 is 0. The molecule has 0 fully saturated rings. The van der Waals surface area contributed by atoms with Gasteiger partial charge in [-0.05, 0) is 25.3 Å². The fourth-order valence-corrected chi connectivity index (χ4v) is 2.27. The number of carbonyl (C=O) groups is 1. The molecule has 0 bridgehead atoms. The Kier molecular flexibility index (Phi) is 5.95. The zero-order valence-corrected chi connectivity index (χ0v) is 11.3. The molecule has 1 aromatic heterocycles. The molecule has 0 atom stereocenters. The molecule has 0 saturated heterocycles. The van der Waals surface area contributed by atoms with Gasteiger partial charge in [0, 0.05) is 31.3 Å². The highest BCUT2D eigenvalue weighted by Crippen LogP contribution is 2.17. The van der Waals surface area contributed by atoms with Crippen LogP contribution in [0.15, 0.2) is 12.3 Å². The summed E-state index contributed by atoms with van der Waals surface area (Å²) in [5.41, 5.74) is 1.14. The first-order chi connectivity index (χ1) is 8.19. The lowest BCUT2D eigenvalue weighted by Crippen LogP contribution is -2.15. The van der Waals surface area contributed by atoms with Gasteiger partial charge in [0.2, 0.25) is 0 Å². The minimum absolute atomic E-state index is 0.276. The SMILES string of the molecule is CCCC(CCC)C(=O)CCc1ccnn1C. The molecule has 17 heavy (non-hydrogen) atoms. The van der Waals surface area contributed by atoms with Crippen LogP contribution in [0.1, 0.15) is 51.6 Å². The average molecular weight is 236 g/mol. The van der Waals surface area contributed by atoms with E-state index in [1.54, 1.807) is 6.20 Å². The predicted octanol–water partition coefficient (Wildman–Crippen LogP) is 3.14. The summed E-state index contributed by atoms with van der Waals surface area (Å²) in [6, 6.07) is 1.99. The van der Waals surface area contributed by atoms with E-state index >= 15 is 0 Å². The Morgan fingerprint density at radius 1 is 1.35 bits per heavy atom. The molecule has 0 aromatic carbocycles. The lowest BCUT2D eigenvalue weighted by molar-refractivity contribution is -0.123. The van der Waals surface area contributed by atoms with Gasteiger partial charge in [-0.3, -0.25) is 9.48 Å². The van der Waals surface area contributed by atoms with Crippen molar-refractivity contribution >= 4 is 5.78 Å². The summed E-state index contributed by atoms with van der Waals surface area (Å²) in [4.78, 5) is 12.1. The van der Waals surface area contributed by atoms with E-state index in [4.69, 9.17) is 0 Å². The molecule has 1 heterocycles. The normalized spacial score (nSPS) is 11.1. The largest absolute Gasteiger partial charge is 0.299 e. The second-order valence-electron chi connectivity index (χ2n) is 4.69. The monoisotopic (exact) mass is 236 g/mol. The van der Waals surface area contributed by atoms with Crippen LogP contribution in [0.5, 0.6) is 0 Å². The predicted molar refractivity (Wildman–Crippen MR) is 69.8 cm³/mol. The number of rotatable bonds is 8. The molecule has 0 spiro atoms. The van der Waals surface area contributed by atoms with Crippen LogP contribution in [0.3, 0.4) is 0 Å². The van der Waals surface area contributed by atoms with Gasteiger partial charge in [0.15, 0.2) is 0 Å². The molecule has 1 rings (SSSR count). The summed E-state index contributed by atoms with van der Waals surface area (Å²) in [7, 11) is 1.93. The fraction of sp³-hybridized carbons (Fsp3) is 0.714. The second kappa shape index (κ2) is 7.25.